The number of morpholine rings is 1. The molecule has 0 aliphatic carbocycles. The largest absolute Gasteiger partial charge is 0.478 e. The standard InChI is InChI=1S/C17H29NO5/c1-17(2,3)7-6-14(16(21)22)13(15(19)20)5-4-8-18-9-11-23-12-10-18/h4-12H2,1-3H3,(H,19,20)(H,21,22). The molecule has 0 aromatic heterocycles. The fourth-order valence-electron chi connectivity index (χ4n) is 2.58. The molecule has 0 saturated carbocycles. The lowest BCUT2D eigenvalue weighted by atomic mass is 9.87. The van der Waals surface area contributed by atoms with Gasteiger partial charge in [-0.2, -0.15) is 0 Å². The zero-order chi connectivity index (χ0) is 17.5. The Morgan fingerprint density at radius 3 is 2.00 bits per heavy atom. The minimum Gasteiger partial charge on any atom is -0.478 e. The predicted octanol–water partition coefficient (Wildman–Crippen LogP) is 2.39. The third-order valence-electron chi connectivity index (χ3n) is 4.01. The molecule has 1 aliphatic heterocycles. The first-order chi connectivity index (χ1) is 10.7. The van der Waals surface area contributed by atoms with Gasteiger partial charge in [-0.25, -0.2) is 9.59 Å². The lowest BCUT2D eigenvalue weighted by Crippen LogP contribution is -2.36. The van der Waals surface area contributed by atoms with E-state index in [2.05, 4.69) is 4.90 Å². The van der Waals surface area contributed by atoms with Crippen LogP contribution in [-0.4, -0.2) is 59.9 Å². The Balaban J connectivity index is 2.69. The second kappa shape index (κ2) is 9.03. The van der Waals surface area contributed by atoms with Crippen molar-refractivity contribution in [1.29, 1.82) is 0 Å². The van der Waals surface area contributed by atoms with Gasteiger partial charge in [0.2, 0.25) is 0 Å². The van der Waals surface area contributed by atoms with Crippen LogP contribution in [0, 0.1) is 5.41 Å². The van der Waals surface area contributed by atoms with E-state index in [1.807, 2.05) is 20.8 Å². The zero-order valence-corrected chi connectivity index (χ0v) is 14.4. The number of hydrogen-bond acceptors (Lipinski definition) is 4. The van der Waals surface area contributed by atoms with E-state index in [0.717, 1.165) is 19.6 Å². The quantitative estimate of drug-likeness (QED) is 0.666. The first-order valence-corrected chi connectivity index (χ1v) is 8.19. The summed E-state index contributed by atoms with van der Waals surface area (Å²) in [5.74, 6) is -2.23. The van der Waals surface area contributed by atoms with Gasteiger partial charge < -0.3 is 14.9 Å². The van der Waals surface area contributed by atoms with Gasteiger partial charge in [0.25, 0.3) is 0 Å². The highest BCUT2D eigenvalue weighted by molar-refractivity contribution is 5.98. The van der Waals surface area contributed by atoms with Crippen LogP contribution in [0.25, 0.3) is 0 Å². The van der Waals surface area contributed by atoms with E-state index in [0.29, 0.717) is 32.5 Å². The molecule has 0 spiro atoms. The monoisotopic (exact) mass is 327 g/mol. The minimum absolute atomic E-state index is 0.0296. The molecule has 6 heteroatoms. The maximum absolute atomic E-state index is 11.5. The number of carboxylic acids is 2. The minimum atomic E-state index is -1.11. The van der Waals surface area contributed by atoms with Crippen LogP contribution in [0.4, 0.5) is 0 Å². The van der Waals surface area contributed by atoms with Gasteiger partial charge in [0.05, 0.1) is 13.2 Å². The second-order valence-corrected chi connectivity index (χ2v) is 7.19. The summed E-state index contributed by atoms with van der Waals surface area (Å²) in [5.41, 5.74) is 0.0717. The zero-order valence-electron chi connectivity index (χ0n) is 14.4. The van der Waals surface area contributed by atoms with Crippen LogP contribution >= 0.6 is 0 Å². The van der Waals surface area contributed by atoms with Crippen LogP contribution < -0.4 is 0 Å². The van der Waals surface area contributed by atoms with E-state index >= 15 is 0 Å². The van der Waals surface area contributed by atoms with Gasteiger partial charge in [0, 0.05) is 24.2 Å². The molecule has 0 aromatic carbocycles. The van der Waals surface area contributed by atoms with E-state index in [1.54, 1.807) is 0 Å². The lowest BCUT2D eigenvalue weighted by Gasteiger charge is -2.26. The predicted molar refractivity (Wildman–Crippen MR) is 87.5 cm³/mol. The van der Waals surface area contributed by atoms with E-state index < -0.39 is 11.9 Å². The average molecular weight is 327 g/mol. The first kappa shape index (κ1) is 19.6. The molecular weight excluding hydrogens is 298 g/mol. The fourth-order valence-corrected chi connectivity index (χ4v) is 2.58. The highest BCUT2D eigenvalue weighted by Crippen LogP contribution is 2.26. The molecule has 0 bridgehead atoms. The molecule has 1 saturated heterocycles. The number of carboxylic acid groups (broad SMARTS) is 2. The fraction of sp³-hybridized carbons (Fsp3) is 0.765. The van der Waals surface area contributed by atoms with Crippen molar-refractivity contribution >= 4 is 11.9 Å². The summed E-state index contributed by atoms with van der Waals surface area (Å²) in [7, 11) is 0. The molecule has 132 valence electrons. The van der Waals surface area contributed by atoms with Crippen LogP contribution in [-0.2, 0) is 14.3 Å². The van der Waals surface area contributed by atoms with Crippen LogP contribution in [0.1, 0.15) is 46.5 Å². The molecule has 1 fully saturated rings. The number of carbonyl (C=O) groups is 2. The highest BCUT2D eigenvalue weighted by Gasteiger charge is 2.22. The van der Waals surface area contributed by atoms with Crippen molar-refractivity contribution in [3.8, 4) is 0 Å². The summed E-state index contributed by atoms with van der Waals surface area (Å²) in [6, 6.07) is 0. The van der Waals surface area contributed by atoms with E-state index in [-0.39, 0.29) is 23.0 Å². The molecule has 0 radical (unpaired) electrons. The maximum atomic E-state index is 11.5. The lowest BCUT2D eigenvalue weighted by molar-refractivity contribution is -0.136. The average Bonchev–Trinajstić information content (AvgIpc) is 2.45. The van der Waals surface area contributed by atoms with Crippen LogP contribution in [0.3, 0.4) is 0 Å². The molecule has 0 aromatic rings. The number of hydrogen-bond donors (Lipinski definition) is 2. The smallest absolute Gasteiger partial charge is 0.332 e. The molecular formula is C17H29NO5. The molecule has 6 nitrogen and oxygen atoms in total. The Kier molecular flexibility index (Phi) is 7.72. The van der Waals surface area contributed by atoms with Crippen molar-refractivity contribution in [3.63, 3.8) is 0 Å². The number of nitrogens with zero attached hydrogens (tertiary/aromatic N) is 1. The molecule has 0 amide bonds. The maximum Gasteiger partial charge on any atom is 0.332 e. The van der Waals surface area contributed by atoms with Crippen LogP contribution in [0.15, 0.2) is 11.1 Å². The third-order valence-corrected chi connectivity index (χ3v) is 4.01. The van der Waals surface area contributed by atoms with Crippen LogP contribution in [0.5, 0.6) is 0 Å². The van der Waals surface area contributed by atoms with Crippen LogP contribution in [0.2, 0.25) is 0 Å². The summed E-state index contributed by atoms with van der Waals surface area (Å²) < 4.78 is 5.28. The van der Waals surface area contributed by atoms with Gasteiger partial charge in [0.1, 0.15) is 0 Å². The Hall–Kier alpha value is -1.40. The SMILES string of the molecule is CC(C)(C)CCC(C(=O)O)=C(CCCN1CCOCC1)C(=O)O. The van der Waals surface area contributed by atoms with Gasteiger partial charge in [-0.05, 0) is 37.6 Å². The Morgan fingerprint density at radius 1 is 1.00 bits per heavy atom. The topological polar surface area (TPSA) is 87.1 Å². The number of ether oxygens (including phenoxy) is 1. The molecule has 0 unspecified atom stereocenters. The second-order valence-electron chi connectivity index (χ2n) is 7.19. The molecule has 1 heterocycles. The number of rotatable bonds is 8. The highest BCUT2D eigenvalue weighted by atomic mass is 16.5. The van der Waals surface area contributed by atoms with Gasteiger partial charge >= 0.3 is 11.9 Å². The van der Waals surface area contributed by atoms with E-state index in [4.69, 9.17) is 4.74 Å². The first-order valence-electron chi connectivity index (χ1n) is 8.19. The van der Waals surface area contributed by atoms with Crippen molar-refractivity contribution in [3.05, 3.63) is 11.1 Å². The van der Waals surface area contributed by atoms with Crippen molar-refractivity contribution in [2.24, 2.45) is 5.41 Å². The molecule has 0 atom stereocenters. The van der Waals surface area contributed by atoms with Crippen molar-refractivity contribution in [2.75, 3.05) is 32.8 Å². The van der Waals surface area contributed by atoms with Crippen molar-refractivity contribution in [1.82, 2.24) is 4.90 Å². The molecule has 2 N–H and O–H groups in total. The molecule has 23 heavy (non-hydrogen) atoms. The van der Waals surface area contributed by atoms with Crippen molar-refractivity contribution in [2.45, 2.75) is 46.5 Å². The van der Waals surface area contributed by atoms with Gasteiger partial charge in [-0.15, -0.1) is 0 Å². The van der Waals surface area contributed by atoms with Gasteiger partial charge in [0.15, 0.2) is 0 Å². The number of aliphatic carboxylic acids is 2. The third kappa shape index (κ3) is 7.61. The Labute approximate surface area is 138 Å². The summed E-state index contributed by atoms with van der Waals surface area (Å²) >= 11 is 0. The molecule has 1 aliphatic rings. The Bertz CT molecular complexity index is 444. The normalized spacial score (nSPS) is 17.7. The summed E-state index contributed by atoms with van der Waals surface area (Å²) in [6.45, 7) is 9.93. The summed E-state index contributed by atoms with van der Waals surface area (Å²) in [4.78, 5) is 25.2. The van der Waals surface area contributed by atoms with E-state index in [1.165, 1.54) is 0 Å². The molecule has 1 rings (SSSR count). The summed E-state index contributed by atoms with van der Waals surface area (Å²) in [6.07, 6.45) is 1.87. The Morgan fingerprint density at radius 2 is 1.52 bits per heavy atom. The summed E-state index contributed by atoms with van der Waals surface area (Å²) in [5, 5.41) is 18.8. The van der Waals surface area contributed by atoms with Gasteiger partial charge in [-0.3, -0.25) is 4.90 Å². The van der Waals surface area contributed by atoms with Gasteiger partial charge in [-0.1, -0.05) is 20.8 Å². The van der Waals surface area contributed by atoms with E-state index in [9.17, 15) is 19.8 Å². The van der Waals surface area contributed by atoms with Crippen molar-refractivity contribution < 1.29 is 24.5 Å².